The summed E-state index contributed by atoms with van der Waals surface area (Å²) >= 11 is 1.50. The van der Waals surface area contributed by atoms with Crippen LogP contribution in [-0.2, 0) is 4.79 Å². The van der Waals surface area contributed by atoms with Crippen LogP contribution in [0.4, 0.5) is 11.4 Å². The highest BCUT2D eigenvalue weighted by Crippen LogP contribution is 2.29. The van der Waals surface area contributed by atoms with E-state index in [1.54, 1.807) is 0 Å². The largest absolute Gasteiger partial charge is 0.325 e. The normalized spacial score (nSPS) is 11.6. The molecule has 5 heteroatoms. The number of aryl methyl sites for hydroxylation is 3. The standard InChI is InChI=1S/C26H28N2O2S/c1-5-24(26(30)28-21-14-17(2)13-18(3)15-21)31-22-11-8-10-20(16-22)27-25(29)23-12-7-6-9-19(23)4/h6-16,24H,5H2,1-4H3,(H,27,29)(H,28,30). The Morgan fingerprint density at radius 3 is 2.23 bits per heavy atom. The smallest absolute Gasteiger partial charge is 0.255 e. The summed E-state index contributed by atoms with van der Waals surface area (Å²) in [7, 11) is 0. The monoisotopic (exact) mass is 432 g/mol. The molecular weight excluding hydrogens is 404 g/mol. The van der Waals surface area contributed by atoms with Gasteiger partial charge in [-0.25, -0.2) is 0 Å². The van der Waals surface area contributed by atoms with Crippen LogP contribution in [0, 0.1) is 20.8 Å². The maximum atomic E-state index is 12.9. The van der Waals surface area contributed by atoms with E-state index in [9.17, 15) is 9.59 Å². The Morgan fingerprint density at radius 2 is 1.55 bits per heavy atom. The molecule has 0 fully saturated rings. The van der Waals surface area contributed by atoms with E-state index in [1.165, 1.54) is 11.8 Å². The van der Waals surface area contributed by atoms with Crippen LogP contribution in [0.2, 0.25) is 0 Å². The molecule has 3 rings (SSSR count). The highest BCUT2D eigenvalue weighted by atomic mass is 32.2. The molecule has 0 aliphatic heterocycles. The summed E-state index contributed by atoms with van der Waals surface area (Å²) in [6.45, 7) is 7.96. The Labute approximate surface area is 188 Å². The van der Waals surface area contributed by atoms with Crippen molar-refractivity contribution in [3.05, 3.63) is 89.0 Å². The van der Waals surface area contributed by atoms with Crippen molar-refractivity contribution >= 4 is 35.0 Å². The molecule has 0 aromatic heterocycles. The summed E-state index contributed by atoms with van der Waals surface area (Å²) in [5.74, 6) is -0.160. The molecule has 0 bridgehead atoms. The number of anilines is 2. The fourth-order valence-corrected chi connectivity index (χ4v) is 4.44. The van der Waals surface area contributed by atoms with E-state index >= 15 is 0 Å². The van der Waals surface area contributed by atoms with Crippen molar-refractivity contribution in [2.24, 2.45) is 0 Å². The van der Waals surface area contributed by atoms with Crippen LogP contribution in [0.3, 0.4) is 0 Å². The van der Waals surface area contributed by atoms with Crippen LogP contribution in [0.25, 0.3) is 0 Å². The first-order chi connectivity index (χ1) is 14.9. The number of carbonyl (C=O) groups excluding carboxylic acids is 2. The van der Waals surface area contributed by atoms with E-state index in [4.69, 9.17) is 0 Å². The van der Waals surface area contributed by atoms with Gasteiger partial charge in [0.25, 0.3) is 5.91 Å². The van der Waals surface area contributed by atoms with Gasteiger partial charge in [-0.3, -0.25) is 9.59 Å². The molecule has 0 radical (unpaired) electrons. The average Bonchev–Trinajstić information content (AvgIpc) is 2.71. The van der Waals surface area contributed by atoms with Crippen LogP contribution in [-0.4, -0.2) is 17.1 Å². The molecule has 0 heterocycles. The molecule has 0 saturated heterocycles. The first-order valence-electron chi connectivity index (χ1n) is 10.4. The van der Waals surface area contributed by atoms with Gasteiger partial charge >= 0.3 is 0 Å². The minimum Gasteiger partial charge on any atom is -0.325 e. The number of hydrogen-bond donors (Lipinski definition) is 2. The zero-order valence-electron chi connectivity index (χ0n) is 18.4. The van der Waals surface area contributed by atoms with Crippen molar-refractivity contribution < 1.29 is 9.59 Å². The minimum absolute atomic E-state index is 0.0214. The van der Waals surface area contributed by atoms with Gasteiger partial charge in [0.15, 0.2) is 0 Å². The van der Waals surface area contributed by atoms with E-state index in [0.29, 0.717) is 17.7 Å². The highest BCUT2D eigenvalue weighted by Gasteiger charge is 2.19. The van der Waals surface area contributed by atoms with Crippen LogP contribution in [0.15, 0.2) is 71.6 Å². The molecule has 0 saturated carbocycles. The Kier molecular flexibility index (Phi) is 7.53. The molecule has 1 unspecified atom stereocenters. The molecule has 3 aromatic rings. The van der Waals surface area contributed by atoms with Gasteiger partial charge in [-0.05, 0) is 80.3 Å². The summed E-state index contributed by atoms with van der Waals surface area (Å²) < 4.78 is 0. The van der Waals surface area contributed by atoms with E-state index in [-0.39, 0.29) is 17.1 Å². The van der Waals surface area contributed by atoms with Crippen molar-refractivity contribution in [3.8, 4) is 0 Å². The van der Waals surface area contributed by atoms with Crippen LogP contribution >= 0.6 is 11.8 Å². The average molecular weight is 433 g/mol. The number of thioether (sulfide) groups is 1. The van der Waals surface area contributed by atoms with Crippen LogP contribution < -0.4 is 10.6 Å². The number of rotatable bonds is 7. The topological polar surface area (TPSA) is 58.2 Å². The molecule has 0 spiro atoms. The van der Waals surface area contributed by atoms with Crippen molar-refractivity contribution in [3.63, 3.8) is 0 Å². The first kappa shape index (κ1) is 22.6. The Bertz CT molecular complexity index is 1070. The number of amides is 2. The Balaban J connectivity index is 1.69. The van der Waals surface area contributed by atoms with Crippen LogP contribution in [0.5, 0.6) is 0 Å². The summed E-state index contributed by atoms with van der Waals surface area (Å²) in [5, 5.41) is 5.77. The third kappa shape index (κ3) is 6.22. The summed E-state index contributed by atoms with van der Waals surface area (Å²) in [5.41, 5.74) is 5.35. The highest BCUT2D eigenvalue weighted by molar-refractivity contribution is 8.00. The number of carbonyl (C=O) groups is 2. The van der Waals surface area contributed by atoms with Crippen molar-refractivity contribution in [1.29, 1.82) is 0 Å². The van der Waals surface area contributed by atoms with Crippen molar-refractivity contribution in [2.75, 3.05) is 10.6 Å². The number of nitrogens with one attached hydrogen (secondary N) is 2. The molecule has 1 atom stereocenters. The fraction of sp³-hybridized carbons (Fsp3) is 0.231. The van der Waals surface area contributed by atoms with Gasteiger partial charge < -0.3 is 10.6 Å². The van der Waals surface area contributed by atoms with Gasteiger partial charge in [0.2, 0.25) is 5.91 Å². The van der Waals surface area contributed by atoms with Gasteiger partial charge in [0, 0.05) is 21.8 Å². The zero-order valence-corrected chi connectivity index (χ0v) is 19.2. The molecule has 2 amide bonds. The molecule has 2 N–H and O–H groups in total. The summed E-state index contributed by atoms with van der Waals surface area (Å²) in [6, 6.07) is 21.2. The van der Waals surface area contributed by atoms with Gasteiger partial charge in [0.05, 0.1) is 5.25 Å². The molecule has 4 nitrogen and oxygen atoms in total. The second-order valence-electron chi connectivity index (χ2n) is 7.68. The lowest BCUT2D eigenvalue weighted by Gasteiger charge is -2.16. The summed E-state index contributed by atoms with van der Waals surface area (Å²) in [4.78, 5) is 26.4. The number of hydrogen-bond acceptors (Lipinski definition) is 3. The van der Waals surface area contributed by atoms with Crippen molar-refractivity contribution in [2.45, 2.75) is 44.3 Å². The van der Waals surface area contributed by atoms with Crippen molar-refractivity contribution in [1.82, 2.24) is 0 Å². The number of benzene rings is 3. The lowest BCUT2D eigenvalue weighted by atomic mass is 10.1. The lowest BCUT2D eigenvalue weighted by molar-refractivity contribution is -0.115. The predicted molar refractivity (Wildman–Crippen MR) is 130 cm³/mol. The van der Waals surface area contributed by atoms with E-state index in [1.807, 2.05) is 88.4 Å². The third-order valence-corrected chi connectivity index (χ3v) is 6.27. The van der Waals surface area contributed by atoms with Gasteiger partial charge in [-0.15, -0.1) is 11.8 Å². The Hall–Kier alpha value is -3.05. The third-order valence-electron chi connectivity index (χ3n) is 4.91. The van der Waals surface area contributed by atoms with E-state index in [2.05, 4.69) is 16.7 Å². The van der Waals surface area contributed by atoms with Gasteiger partial charge in [0.1, 0.15) is 0 Å². The first-order valence-corrected chi connectivity index (χ1v) is 11.3. The molecular formula is C26H28N2O2S. The quantitative estimate of drug-likeness (QED) is 0.426. The van der Waals surface area contributed by atoms with Gasteiger partial charge in [-0.1, -0.05) is 37.3 Å². The second kappa shape index (κ2) is 10.3. The summed E-state index contributed by atoms with van der Waals surface area (Å²) in [6.07, 6.45) is 0.696. The van der Waals surface area contributed by atoms with Crippen LogP contribution in [0.1, 0.15) is 40.4 Å². The fourth-order valence-electron chi connectivity index (χ4n) is 3.43. The predicted octanol–water partition coefficient (Wildman–Crippen LogP) is 6.37. The van der Waals surface area contributed by atoms with Gasteiger partial charge in [-0.2, -0.15) is 0 Å². The SMILES string of the molecule is CCC(Sc1cccc(NC(=O)c2ccccc2C)c1)C(=O)Nc1cc(C)cc(C)c1. The zero-order chi connectivity index (χ0) is 22.4. The molecule has 3 aromatic carbocycles. The molecule has 0 aliphatic carbocycles. The lowest BCUT2D eigenvalue weighted by Crippen LogP contribution is -2.24. The maximum absolute atomic E-state index is 12.9. The molecule has 31 heavy (non-hydrogen) atoms. The maximum Gasteiger partial charge on any atom is 0.255 e. The minimum atomic E-state index is -0.233. The second-order valence-corrected chi connectivity index (χ2v) is 8.95. The molecule has 0 aliphatic rings. The van der Waals surface area contributed by atoms with E-state index < -0.39 is 0 Å². The molecule has 160 valence electrons. The van der Waals surface area contributed by atoms with E-state index in [0.717, 1.165) is 27.3 Å². The Morgan fingerprint density at radius 1 is 0.839 bits per heavy atom.